The summed E-state index contributed by atoms with van der Waals surface area (Å²) in [5, 5.41) is 8.03. The summed E-state index contributed by atoms with van der Waals surface area (Å²) in [6, 6.07) is 22.3. The van der Waals surface area contributed by atoms with Crippen molar-refractivity contribution >= 4 is 17.2 Å². The number of amides is 1. The number of likely N-dealkylation sites (tertiary alicyclic amines) is 1. The smallest absolute Gasteiger partial charge is 0.244 e. The summed E-state index contributed by atoms with van der Waals surface area (Å²) in [6.07, 6.45) is 3.81. The summed E-state index contributed by atoms with van der Waals surface area (Å²) in [4.78, 5) is 19.6. The van der Waals surface area contributed by atoms with E-state index in [9.17, 15) is 4.79 Å². The zero-order valence-corrected chi connectivity index (χ0v) is 18.0. The van der Waals surface area contributed by atoms with Crippen molar-refractivity contribution in [3.05, 3.63) is 83.3 Å². The van der Waals surface area contributed by atoms with Gasteiger partial charge in [0.15, 0.2) is 0 Å². The number of benzene rings is 2. The van der Waals surface area contributed by atoms with Gasteiger partial charge in [-0.2, -0.15) is 5.10 Å². The number of aromatic nitrogens is 3. The van der Waals surface area contributed by atoms with Gasteiger partial charge in [0.05, 0.1) is 16.4 Å². The van der Waals surface area contributed by atoms with Gasteiger partial charge in [-0.05, 0) is 24.5 Å². The molecule has 1 aliphatic heterocycles. The van der Waals surface area contributed by atoms with Crippen LogP contribution in [0.25, 0.3) is 22.5 Å². The van der Waals surface area contributed by atoms with E-state index in [1.54, 1.807) is 11.3 Å². The van der Waals surface area contributed by atoms with Crippen LogP contribution >= 0.6 is 11.3 Å². The Morgan fingerprint density at radius 2 is 1.65 bits per heavy atom. The molecule has 5 nitrogen and oxygen atoms in total. The molecule has 0 atom stereocenters. The Labute approximate surface area is 186 Å². The van der Waals surface area contributed by atoms with E-state index in [0.717, 1.165) is 48.4 Å². The summed E-state index contributed by atoms with van der Waals surface area (Å²) >= 11 is 1.71. The van der Waals surface area contributed by atoms with Gasteiger partial charge in [0.25, 0.3) is 0 Å². The molecule has 0 N–H and O–H groups in total. The lowest BCUT2D eigenvalue weighted by molar-refractivity contribution is -0.133. The van der Waals surface area contributed by atoms with Crippen LogP contribution in [0.4, 0.5) is 0 Å². The molecule has 5 rings (SSSR count). The molecule has 0 radical (unpaired) electrons. The van der Waals surface area contributed by atoms with Crippen LogP contribution in [0.5, 0.6) is 0 Å². The van der Waals surface area contributed by atoms with Gasteiger partial charge in [0, 0.05) is 36.1 Å². The van der Waals surface area contributed by atoms with Gasteiger partial charge in [-0.3, -0.25) is 9.48 Å². The third-order valence-electron chi connectivity index (χ3n) is 5.85. The molecule has 1 saturated heterocycles. The lowest BCUT2D eigenvalue weighted by Gasteiger charge is -2.31. The molecular weight excluding hydrogens is 404 g/mol. The van der Waals surface area contributed by atoms with Crippen LogP contribution in [0.1, 0.15) is 23.8 Å². The standard InChI is InChI=1S/C25H24N4OS/c30-24(28-14-11-21(12-15-28)25-26-13-16-31-25)18-29-23(20-9-5-2-6-10-20)17-22(27-29)19-7-3-1-4-8-19/h1-10,13,16-17,21H,11-12,14-15,18H2. The number of hydrogen-bond donors (Lipinski definition) is 0. The predicted molar refractivity (Wildman–Crippen MR) is 124 cm³/mol. The highest BCUT2D eigenvalue weighted by Crippen LogP contribution is 2.30. The van der Waals surface area contributed by atoms with E-state index < -0.39 is 0 Å². The second-order valence-electron chi connectivity index (χ2n) is 7.83. The average molecular weight is 429 g/mol. The van der Waals surface area contributed by atoms with Crippen LogP contribution in [0, 0.1) is 0 Å². The first-order valence-corrected chi connectivity index (χ1v) is 11.5. The fraction of sp³-hybridized carbons (Fsp3) is 0.240. The molecule has 3 heterocycles. The van der Waals surface area contributed by atoms with E-state index in [-0.39, 0.29) is 12.5 Å². The monoisotopic (exact) mass is 428 g/mol. The topological polar surface area (TPSA) is 51.0 Å². The summed E-state index contributed by atoms with van der Waals surface area (Å²) in [5.41, 5.74) is 3.96. The van der Waals surface area contributed by atoms with Crippen LogP contribution in [-0.2, 0) is 11.3 Å². The first-order valence-electron chi connectivity index (χ1n) is 10.6. The fourth-order valence-electron chi connectivity index (χ4n) is 4.17. The number of hydrogen-bond acceptors (Lipinski definition) is 4. The highest BCUT2D eigenvalue weighted by molar-refractivity contribution is 7.09. The van der Waals surface area contributed by atoms with Crippen LogP contribution < -0.4 is 0 Å². The molecule has 2 aromatic carbocycles. The fourth-order valence-corrected chi connectivity index (χ4v) is 4.98. The van der Waals surface area contributed by atoms with Gasteiger partial charge in [0.2, 0.25) is 5.91 Å². The van der Waals surface area contributed by atoms with Gasteiger partial charge in [-0.1, -0.05) is 60.7 Å². The van der Waals surface area contributed by atoms with E-state index in [1.165, 1.54) is 5.01 Å². The first kappa shape index (κ1) is 19.7. The minimum Gasteiger partial charge on any atom is -0.341 e. The maximum Gasteiger partial charge on any atom is 0.244 e. The summed E-state index contributed by atoms with van der Waals surface area (Å²) < 4.78 is 1.85. The number of carbonyl (C=O) groups is 1. The van der Waals surface area contributed by atoms with E-state index >= 15 is 0 Å². The molecule has 0 bridgehead atoms. The minimum atomic E-state index is 0.123. The molecule has 156 valence electrons. The largest absolute Gasteiger partial charge is 0.341 e. The van der Waals surface area contributed by atoms with Gasteiger partial charge < -0.3 is 4.90 Å². The lowest BCUT2D eigenvalue weighted by atomic mass is 9.97. The molecule has 0 unspecified atom stereocenters. The van der Waals surface area contributed by atoms with Crippen molar-refractivity contribution in [2.24, 2.45) is 0 Å². The van der Waals surface area contributed by atoms with Crippen LogP contribution in [0.15, 0.2) is 78.3 Å². The Balaban J connectivity index is 1.35. The molecule has 2 aromatic heterocycles. The third kappa shape index (κ3) is 4.30. The van der Waals surface area contributed by atoms with Crippen molar-refractivity contribution in [3.8, 4) is 22.5 Å². The second-order valence-corrected chi connectivity index (χ2v) is 8.76. The van der Waals surface area contributed by atoms with Gasteiger partial charge >= 0.3 is 0 Å². The van der Waals surface area contributed by atoms with Gasteiger partial charge in [0.1, 0.15) is 6.54 Å². The Morgan fingerprint density at radius 1 is 0.968 bits per heavy atom. The molecule has 1 aliphatic rings. The van der Waals surface area contributed by atoms with E-state index in [2.05, 4.69) is 23.2 Å². The van der Waals surface area contributed by atoms with Crippen LogP contribution in [-0.4, -0.2) is 38.7 Å². The molecule has 6 heteroatoms. The van der Waals surface area contributed by atoms with E-state index in [4.69, 9.17) is 5.10 Å². The lowest BCUT2D eigenvalue weighted by Crippen LogP contribution is -2.40. The van der Waals surface area contributed by atoms with Crippen molar-refractivity contribution < 1.29 is 4.79 Å². The van der Waals surface area contributed by atoms with Crippen molar-refractivity contribution in [1.29, 1.82) is 0 Å². The highest BCUT2D eigenvalue weighted by Gasteiger charge is 2.26. The molecule has 1 fully saturated rings. The zero-order valence-electron chi connectivity index (χ0n) is 17.2. The third-order valence-corrected chi connectivity index (χ3v) is 6.79. The van der Waals surface area contributed by atoms with Crippen LogP contribution in [0.2, 0.25) is 0 Å². The Bertz CT molecular complexity index is 1130. The molecule has 31 heavy (non-hydrogen) atoms. The SMILES string of the molecule is O=C(Cn1nc(-c2ccccc2)cc1-c1ccccc1)N1CCC(c2nccs2)CC1. The molecule has 0 spiro atoms. The van der Waals surface area contributed by atoms with E-state index in [1.807, 2.05) is 69.7 Å². The van der Waals surface area contributed by atoms with Gasteiger partial charge in [-0.25, -0.2) is 4.98 Å². The maximum atomic E-state index is 13.1. The van der Waals surface area contributed by atoms with E-state index in [0.29, 0.717) is 5.92 Å². The van der Waals surface area contributed by atoms with Crippen molar-refractivity contribution in [1.82, 2.24) is 19.7 Å². The number of nitrogens with zero attached hydrogens (tertiary/aromatic N) is 4. The predicted octanol–water partition coefficient (Wildman–Crippen LogP) is 5.08. The van der Waals surface area contributed by atoms with Crippen molar-refractivity contribution in [3.63, 3.8) is 0 Å². The molecular formula is C25H24N4OS. The second kappa shape index (κ2) is 8.86. The number of carbonyl (C=O) groups excluding carboxylic acids is 1. The Kier molecular flexibility index (Phi) is 5.63. The molecule has 1 amide bonds. The summed E-state index contributed by atoms with van der Waals surface area (Å²) in [5.74, 6) is 0.593. The number of thiazole rings is 1. The zero-order chi connectivity index (χ0) is 21.0. The Hall–Kier alpha value is -3.25. The number of rotatable bonds is 5. The maximum absolute atomic E-state index is 13.1. The van der Waals surface area contributed by atoms with Gasteiger partial charge in [-0.15, -0.1) is 11.3 Å². The average Bonchev–Trinajstić information content (AvgIpc) is 3.51. The number of piperidine rings is 1. The molecule has 0 saturated carbocycles. The summed E-state index contributed by atoms with van der Waals surface area (Å²) in [7, 11) is 0. The Morgan fingerprint density at radius 3 is 2.29 bits per heavy atom. The quantitative estimate of drug-likeness (QED) is 0.445. The normalized spacial score (nSPS) is 14.6. The molecule has 4 aromatic rings. The van der Waals surface area contributed by atoms with Crippen LogP contribution in [0.3, 0.4) is 0 Å². The minimum absolute atomic E-state index is 0.123. The van der Waals surface area contributed by atoms with Crippen molar-refractivity contribution in [2.45, 2.75) is 25.3 Å². The van der Waals surface area contributed by atoms with Crippen molar-refractivity contribution in [2.75, 3.05) is 13.1 Å². The summed E-state index contributed by atoms with van der Waals surface area (Å²) in [6.45, 7) is 1.80. The first-order chi connectivity index (χ1) is 15.3. The molecule has 0 aliphatic carbocycles. The highest BCUT2D eigenvalue weighted by atomic mass is 32.1.